The van der Waals surface area contributed by atoms with E-state index in [4.69, 9.17) is 4.74 Å². The van der Waals surface area contributed by atoms with E-state index in [0.29, 0.717) is 18.1 Å². The third-order valence-corrected chi connectivity index (χ3v) is 2.62. The average molecular weight is 270 g/mol. The quantitative estimate of drug-likeness (QED) is 0.906. The summed E-state index contributed by atoms with van der Waals surface area (Å²) < 4.78 is 5.59. The van der Waals surface area contributed by atoms with Crippen LogP contribution in [0.15, 0.2) is 48.8 Å². The van der Waals surface area contributed by atoms with Gasteiger partial charge in [-0.3, -0.25) is 9.78 Å². The summed E-state index contributed by atoms with van der Waals surface area (Å²) in [7, 11) is 0. The predicted molar refractivity (Wildman–Crippen MR) is 79.0 cm³/mol. The fourth-order valence-electron chi connectivity index (χ4n) is 1.60. The Kier molecular flexibility index (Phi) is 4.71. The molecule has 0 spiro atoms. The van der Waals surface area contributed by atoms with Gasteiger partial charge >= 0.3 is 0 Å². The van der Waals surface area contributed by atoms with Gasteiger partial charge in [0, 0.05) is 18.1 Å². The Hall–Kier alpha value is -2.36. The van der Waals surface area contributed by atoms with Gasteiger partial charge in [0.25, 0.3) is 5.91 Å². The number of benzene rings is 1. The average Bonchev–Trinajstić information content (AvgIpc) is 2.47. The van der Waals surface area contributed by atoms with Gasteiger partial charge in [-0.1, -0.05) is 13.8 Å². The summed E-state index contributed by atoms with van der Waals surface area (Å²) in [5.41, 5.74) is 1.27. The van der Waals surface area contributed by atoms with Crippen LogP contribution >= 0.6 is 0 Å². The van der Waals surface area contributed by atoms with Crippen molar-refractivity contribution in [1.82, 2.24) is 4.98 Å². The lowest BCUT2D eigenvalue weighted by Crippen LogP contribution is -2.12. The number of carbonyl (C=O) groups is 1. The highest BCUT2D eigenvalue weighted by molar-refractivity contribution is 6.04. The van der Waals surface area contributed by atoms with Crippen molar-refractivity contribution in [2.24, 2.45) is 5.92 Å². The van der Waals surface area contributed by atoms with Gasteiger partial charge < -0.3 is 10.1 Å². The molecule has 20 heavy (non-hydrogen) atoms. The number of hydrogen-bond acceptors (Lipinski definition) is 3. The van der Waals surface area contributed by atoms with E-state index in [0.717, 1.165) is 11.4 Å². The summed E-state index contributed by atoms with van der Waals surface area (Å²) in [6.07, 6.45) is 3.17. The first-order valence-electron chi connectivity index (χ1n) is 6.59. The van der Waals surface area contributed by atoms with Crippen LogP contribution in [0.2, 0.25) is 0 Å². The summed E-state index contributed by atoms with van der Waals surface area (Å²) in [6.45, 7) is 4.88. The van der Waals surface area contributed by atoms with Gasteiger partial charge in [-0.2, -0.15) is 0 Å². The Morgan fingerprint density at radius 1 is 1.25 bits per heavy atom. The predicted octanol–water partition coefficient (Wildman–Crippen LogP) is 3.37. The number of nitrogens with zero attached hydrogens (tertiary/aromatic N) is 1. The Labute approximate surface area is 118 Å². The van der Waals surface area contributed by atoms with Gasteiger partial charge in [0.1, 0.15) is 5.75 Å². The van der Waals surface area contributed by atoms with Crippen molar-refractivity contribution in [2.45, 2.75) is 13.8 Å². The fraction of sp³-hybridized carbons (Fsp3) is 0.250. The van der Waals surface area contributed by atoms with Crippen LogP contribution in [-0.4, -0.2) is 17.5 Å². The molecule has 1 heterocycles. The molecular formula is C16H18N2O2. The number of carbonyl (C=O) groups excluding carboxylic acids is 1. The van der Waals surface area contributed by atoms with E-state index in [-0.39, 0.29) is 5.91 Å². The molecule has 1 N–H and O–H groups in total. The maximum Gasteiger partial charge on any atom is 0.257 e. The van der Waals surface area contributed by atoms with E-state index >= 15 is 0 Å². The number of hydrogen-bond donors (Lipinski definition) is 1. The van der Waals surface area contributed by atoms with E-state index in [1.807, 2.05) is 24.3 Å². The molecule has 0 unspecified atom stereocenters. The SMILES string of the molecule is CC(C)COc1ccc(NC(=O)c2cccnc2)cc1. The van der Waals surface area contributed by atoms with Crippen molar-refractivity contribution >= 4 is 11.6 Å². The highest BCUT2D eigenvalue weighted by Gasteiger charge is 2.05. The molecule has 0 bridgehead atoms. The molecule has 4 heteroatoms. The van der Waals surface area contributed by atoms with Crippen molar-refractivity contribution in [2.75, 3.05) is 11.9 Å². The summed E-state index contributed by atoms with van der Waals surface area (Å²) in [6, 6.07) is 10.8. The number of pyridine rings is 1. The minimum atomic E-state index is -0.172. The van der Waals surface area contributed by atoms with Crippen molar-refractivity contribution in [3.8, 4) is 5.75 Å². The van der Waals surface area contributed by atoms with Crippen molar-refractivity contribution in [3.63, 3.8) is 0 Å². The molecule has 0 aliphatic heterocycles. The zero-order chi connectivity index (χ0) is 14.4. The van der Waals surface area contributed by atoms with Gasteiger partial charge in [0.2, 0.25) is 0 Å². The van der Waals surface area contributed by atoms with Crippen LogP contribution in [0.4, 0.5) is 5.69 Å². The van der Waals surface area contributed by atoms with E-state index < -0.39 is 0 Å². The molecule has 0 aliphatic carbocycles. The summed E-state index contributed by atoms with van der Waals surface area (Å²) in [4.78, 5) is 15.9. The molecule has 0 atom stereocenters. The molecule has 104 valence electrons. The third-order valence-electron chi connectivity index (χ3n) is 2.62. The highest BCUT2D eigenvalue weighted by atomic mass is 16.5. The largest absolute Gasteiger partial charge is 0.493 e. The van der Waals surface area contributed by atoms with E-state index in [1.165, 1.54) is 6.20 Å². The standard InChI is InChI=1S/C16H18N2O2/c1-12(2)11-20-15-7-5-14(6-8-15)18-16(19)13-4-3-9-17-10-13/h3-10,12H,11H2,1-2H3,(H,18,19). The Bertz CT molecular complexity index is 550. The first kappa shape index (κ1) is 14.1. The molecule has 0 saturated heterocycles. The molecule has 1 amide bonds. The molecule has 4 nitrogen and oxygen atoms in total. The first-order chi connectivity index (χ1) is 9.65. The fourth-order valence-corrected chi connectivity index (χ4v) is 1.60. The normalized spacial score (nSPS) is 10.3. The zero-order valence-corrected chi connectivity index (χ0v) is 11.7. The molecule has 1 aromatic heterocycles. The van der Waals surface area contributed by atoms with Gasteiger partial charge in [0.05, 0.1) is 12.2 Å². The van der Waals surface area contributed by atoms with Crippen LogP contribution in [0.5, 0.6) is 5.75 Å². The molecular weight excluding hydrogens is 252 g/mol. The first-order valence-corrected chi connectivity index (χ1v) is 6.59. The molecule has 0 fully saturated rings. The van der Waals surface area contributed by atoms with Crippen LogP contribution < -0.4 is 10.1 Å². The lowest BCUT2D eigenvalue weighted by Gasteiger charge is -2.09. The molecule has 2 aromatic rings. The molecule has 0 saturated carbocycles. The van der Waals surface area contributed by atoms with Gasteiger partial charge in [-0.15, -0.1) is 0 Å². The minimum absolute atomic E-state index is 0.172. The second-order valence-electron chi connectivity index (χ2n) is 4.93. The Balaban J connectivity index is 1.95. The molecule has 2 rings (SSSR count). The number of rotatable bonds is 5. The van der Waals surface area contributed by atoms with Gasteiger partial charge in [-0.25, -0.2) is 0 Å². The summed E-state index contributed by atoms with van der Waals surface area (Å²) >= 11 is 0. The van der Waals surface area contributed by atoms with E-state index in [1.54, 1.807) is 18.3 Å². The summed E-state index contributed by atoms with van der Waals surface area (Å²) in [5, 5.41) is 2.82. The topological polar surface area (TPSA) is 51.2 Å². The monoisotopic (exact) mass is 270 g/mol. The Morgan fingerprint density at radius 3 is 2.60 bits per heavy atom. The highest BCUT2D eigenvalue weighted by Crippen LogP contribution is 2.17. The number of amides is 1. The second-order valence-corrected chi connectivity index (χ2v) is 4.93. The van der Waals surface area contributed by atoms with E-state index in [9.17, 15) is 4.79 Å². The maximum absolute atomic E-state index is 11.9. The van der Waals surface area contributed by atoms with Crippen LogP contribution in [0.25, 0.3) is 0 Å². The number of nitrogens with one attached hydrogen (secondary N) is 1. The van der Waals surface area contributed by atoms with Gasteiger partial charge in [0.15, 0.2) is 0 Å². The van der Waals surface area contributed by atoms with Gasteiger partial charge in [-0.05, 0) is 42.3 Å². The van der Waals surface area contributed by atoms with E-state index in [2.05, 4.69) is 24.1 Å². The lowest BCUT2D eigenvalue weighted by molar-refractivity contribution is 0.102. The van der Waals surface area contributed by atoms with Crippen LogP contribution in [-0.2, 0) is 0 Å². The Morgan fingerprint density at radius 2 is 2.00 bits per heavy atom. The van der Waals surface area contributed by atoms with Crippen molar-refractivity contribution in [3.05, 3.63) is 54.4 Å². The second kappa shape index (κ2) is 6.70. The molecule has 1 aromatic carbocycles. The minimum Gasteiger partial charge on any atom is -0.493 e. The number of ether oxygens (including phenoxy) is 1. The van der Waals surface area contributed by atoms with Crippen molar-refractivity contribution in [1.29, 1.82) is 0 Å². The number of aromatic nitrogens is 1. The van der Waals surface area contributed by atoms with Crippen molar-refractivity contribution < 1.29 is 9.53 Å². The van der Waals surface area contributed by atoms with Crippen LogP contribution in [0.3, 0.4) is 0 Å². The third kappa shape index (κ3) is 4.09. The number of anilines is 1. The lowest BCUT2D eigenvalue weighted by atomic mass is 10.2. The molecule has 0 radical (unpaired) electrons. The maximum atomic E-state index is 11.9. The molecule has 0 aliphatic rings. The van der Waals surface area contributed by atoms with Crippen LogP contribution in [0, 0.1) is 5.92 Å². The smallest absolute Gasteiger partial charge is 0.257 e. The van der Waals surface area contributed by atoms with Crippen LogP contribution in [0.1, 0.15) is 24.2 Å². The summed E-state index contributed by atoms with van der Waals surface area (Å²) in [5.74, 6) is 1.12. The zero-order valence-electron chi connectivity index (χ0n) is 11.7.